The van der Waals surface area contributed by atoms with Crippen LogP contribution in [0.25, 0.3) is 0 Å². The molecule has 0 bridgehead atoms. The Morgan fingerprint density at radius 3 is 2.70 bits per heavy atom. The number of rotatable bonds is 3. The maximum Gasteiger partial charge on any atom is 0.246 e. The van der Waals surface area contributed by atoms with Crippen molar-refractivity contribution in [2.75, 3.05) is 12.3 Å². The van der Waals surface area contributed by atoms with Crippen LogP contribution in [0.5, 0.6) is 0 Å². The third kappa shape index (κ3) is 2.64. The third-order valence-electron chi connectivity index (χ3n) is 3.65. The highest BCUT2D eigenvalue weighted by atomic mass is 32.2. The summed E-state index contributed by atoms with van der Waals surface area (Å²) >= 11 is 0. The van der Waals surface area contributed by atoms with Crippen molar-refractivity contribution in [1.29, 1.82) is 0 Å². The highest BCUT2D eigenvalue weighted by Crippen LogP contribution is 2.30. The lowest BCUT2D eigenvalue weighted by Gasteiger charge is -2.34. The SMILES string of the molecule is CCC1CCCCN1S(=O)(=O)c1cc(N)cc(F)c1F. The minimum Gasteiger partial charge on any atom is -0.399 e. The van der Waals surface area contributed by atoms with Crippen LogP contribution in [0.15, 0.2) is 17.0 Å². The molecule has 0 saturated carbocycles. The molecule has 1 aliphatic rings. The van der Waals surface area contributed by atoms with Crippen molar-refractivity contribution >= 4 is 15.7 Å². The molecular weight excluding hydrogens is 286 g/mol. The first kappa shape index (κ1) is 15.2. The lowest BCUT2D eigenvalue weighted by Crippen LogP contribution is -2.43. The molecule has 0 radical (unpaired) electrons. The van der Waals surface area contributed by atoms with Gasteiger partial charge in [-0.3, -0.25) is 0 Å². The van der Waals surface area contributed by atoms with Gasteiger partial charge in [0.25, 0.3) is 0 Å². The van der Waals surface area contributed by atoms with E-state index in [1.165, 1.54) is 4.31 Å². The van der Waals surface area contributed by atoms with Crippen LogP contribution in [0, 0.1) is 11.6 Å². The van der Waals surface area contributed by atoms with Crippen LogP contribution in [0.2, 0.25) is 0 Å². The largest absolute Gasteiger partial charge is 0.399 e. The van der Waals surface area contributed by atoms with Gasteiger partial charge in [-0.2, -0.15) is 4.31 Å². The van der Waals surface area contributed by atoms with Gasteiger partial charge >= 0.3 is 0 Å². The second kappa shape index (κ2) is 5.65. The van der Waals surface area contributed by atoms with Crippen LogP contribution in [0.4, 0.5) is 14.5 Å². The molecular formula is C13H18F2N2O2S. The van der Waals surface area contributed by atoms with Crippen molar-refractivity contribution in [3.05, 3.63) is 23.8 Å². The summed E-state index contributed by atoms with van der Waals surface area (Å²) < 4.78 is 53.6. The first-order valence-corrected chi connectivity index (χ1v) is 8.08. The summed E-state index contributed by atoms with van der Waals surface area (Å²) in [6, 6.07) is 1.59. The number of sulfonamides is 1. The third-order valence-corrected chi connectivity index (χ3v) is 5.60. The van der Waals surface area contributed by atoms with E-state index in [1.54, 1.807) is 0 Å². The number of halogens is 2. The van der Waals surface area contributed by atoms with E-state index in [0.717, 1.165) is 31.4 Å². The molecule has 0 aliphatic carbocycles. The Hall–Kier alpha value is -1.21. The Balaban J connectivity index is 2.49. The van der Waals surface area contributed by atoms with Crippen LogP contribution in [-0.2, 0) is 10.0 Å². The standard InChI is InChI=1S/C13H18F2N2O2S/c1-2-10-5-3-4-6-17(10)20(18,19)12-8-9(16)7-11(14)13(12)15/h7-8,10H,2-6,16H2,1H3. The molecule has 1 saturated heterocycles. The molecule has 7 heteroatoms. The molecule has 4 nitrogen and oxygen atoms in total. The Kier molecular flexibility index (Phi) is 4.29. The first-order chi connectivity index (χ1) is 9.37. The molecule has 1 aromatic carbocycles. The molecule has 1 aliphatic heterocycles. The monoisotopic (exact) mass is 304 g/mol. The molecule has 1 unspecified atom stereocenters. The summed E-state index contributed by atoms with van der Waals surface area (Å²) in [6.45, 7) is 2.21. The van der Waals surface area contributed by atoms with Crippen LogP contribution in [0.1, 0.15) is 32.6 Å². The minimum absolute atomic E-state index is 0.104. The molecule has 2 rings (SSSR count). The zero-order chi connectivity index (χ0) is 14.9. The summed E-state index contributed by atoms with van der Waals surface area (Å²) in [7, 11) is -4.06. The van der Waals surface area contributed by atoms with Gasteiger partial charge in [0.15, 0.2) is 11.6 Å². The van der Waals surface area contributed by atoms with Crippen molar-refractivity contribution in [2.45, 2.75) is 43.5 Å². The van der Waals surface area contributed by atoms with E-state index in [9.17, 15) is 17.2 Å². The molecule has 1 aromatic rings. The molecule has 0 aromatic heterocycles. The highest BCUT2D eigenvalue weighted by molar-refractivity contribution is 7.89. The molecule has 112 valence electrons. The maximum absolute atomic E-state index is 13.8. The first-order valence-electron chi connectivity index (χ1n) is 6.64. The van der Waals surface area contributed by atoms with Crippen molar-refractivity contribution in [2.24, 2.45) is 0 Å². The van der Waals surface area contributed by atoms with Crippen LogP contribution in [-0.4, -0.2) is 25.3 Å². The van der Waals surface area contributed by atoms with E-state index < -0.39 is 26.6 Å². The molecule has 1 fully saturated rings. The number of benzene rings is 1. The molecule has 20 heavy (non-hydrogen) atoms. The fourth-order valence-corrected chi connectivity index (χ4v) is 4.47. The normalized spacial score (nSPS) is 21.1. The van der Waals surface area contributed by atoms with Crippen LogP contribution < -0.4 is 5.73 Å². The molecule has 0 spiro atoms. The lowest BCUT2D eigenvalue weighted by atomic mass is 10.0. The van der Waals surface area contributed by atoms with Gasteiger partial charge in [0, 0.05) is 18.3 Å². The van der Waals surface area contributed by atoms with Gasteiger partial charge in [0.2, 0.25) is 10.0 Å². The fraction of sp³-hybridized carbons (Fsp3) is 0.538. The number of hydrogen-bond acceptors (Lipinski definition) is 3. The maximum atomic E-state index is 13.8. The van der Waals surface area contributed by atoms with E-state index in [1.807, 2.05) is 6.92 Å². The van der Waals surface area contributed by atoms with Crippen LogP contribution in [0.3, 0.4) is 0 Å². The topological polar surface area (TPSA) is 63.4 Å². The summed E-state index contributed by atoms with van der Waals surface area (Å²) in [6.07, 6.45) is 3.05. The van der Waals surface area contributed by atoms with Crippen molar-refractivity contribution in [1.82, 2.24) is 4.31 Å². The van der Waals surface area contributed by atoms with Gasteiger partial charge in [-0.15, -0.1) is 0 Å². The molecule has 1 heterocycles. The number of nitrogens with two attached hydrogens (primary N) is 1. The van der Waals surface area contributed by atoms with Crippen molar-refractivity contribution < 1.29 is 17.2 Å². The van der Waals surface area contributed by atoms with Gasteiger partial charge in [0.05, 0.1) is 0 Å². The number of nitrogen functional groups attached to an aromatic ring is 1. The van der Waals surface area contributed by atoms with Crippen LogP contribution >= 0.6 is 0 Å². The van der Waals surface area contributed by atoms with E-state index in [0.29, 0.717) is 13.0 Å². The predicted molar refractivity (Wildman–Crippen MR) is 72.6 cm³/mol. The Labute approximate surface area is 117 Å². The fourth-order valence-electron chi connectivity index (χ4n) is 2.60. The van der Waals surface area contributed by atoms with Gasteiger partial charge in [0.1, 0.15) is 4.90 Å². The molecule has 0 amide bonds. The lowest BCUT2D eigenvalue weighted by molar-refractivity contribution is 0.245. The molecule has 2 N–H and O–H groups in total. The van der Waals surface area contributed by atoms with Gasteiger partial charge in [-0.05, 0) is 31.4 Å². The second-order valence-corrected chi connectivity index (χ2v) is 6.85. The van der Waals surface area contributed by atoms with Gasteiger partial charge in [-0.1, -0.05) is 13.3 Å². The number of hydrogen-bond donors (Lipinski definition) is 1. The van der Waals surface area contributed by atoms with E-state index in [4.69, 9.17) is 5.73 Å². The van der Waals surface area contributed by atoms with E-state index in [-0.39, 0.29) is 11.7 Å². The number of anilines is 1. The summed E-state index contributed by atoms with van der Waals surface area (Å²) in [4.78, 5) is -0.671. The highest BCUT2D eigenvalue weighted by Gasteiger charge is 2.35. The minimum atomic E-state index is -4.06. The smallest absolute Gasteiger partial charge is 0.246 e. The number of nitrogens with zero attached hydrogens (tertiary/aromatic N) is 1. The van der Waals surface area contributed by atoms with Crippen molar-refractivity contribution in [3.63, 3.8) is 0 Å². The summed E-state index contributed by atoms with van der Waals surface area (Å²) in [5, 5.41) is 0. The quantitative estimate of drug-likeness (QED) is 0.873. The average Bonchev–Trinajstić information content (AvgIpc) is 2.42. The predicted octanol–water partition coefficient (Wildman–Crippen LogP) is 2.50. The Morgan fingerprint density at radius 1 is 1.35 bits per heavy atom. The Morgan fingerprint density at radius 2 is 2.05 bits per heavy atom. The number of piperidine rings is 1. The zero-order valence-corrected chi connectivity index (χ0v) is 12.1. The van der Waals surface area contributed by atoms with E-state index in [2.05, 4.69) is 0 Å². The van der Waals surface area contributed by atoms with Gasteiger partial charge < -0.3 is 5.73 Å². The van der Waals surface area contributed by atoms with Gasteiger partial charge in [-0.25, -0.2) is 17.2 Å². The van der Waals surface area contributed by atoms with E-state index >= 15 is 0 Å². The average molecular weight is 304 g/mol. The molecule has 1 atom stereocenters. The van der Waals surface area contributed by atoms with Crippen molar-refractivity contribution in [3.8, 4) is 0 Å². The summed E-state index contributed by atoms with van der Waals surface area (Å²) in [5.41, 5.74) is 5.33. The zero-order valence-electron chi connectivity index (χ0n) is 11.3. The summed E-state index contributed by atoms with van der Waals surface area (Å²) in [5.74, 6) is -2.60. The Bertz CT molecular complexity index is 605. The second-order valence-electron chi connectivity index (χ2n) is 4.99.